The zero-order chi connectivity index (χ0) is 14.9. The average Bonchev–Trinajstić information content (AvgIpc) is 2.86. The number of hydrogen-bond acceptors (Lipinski definition) is 3. The second-order valence-corrected chi connectivity index (χ2v) is 5.81. The summed E-state index contributed by atoms with van der Waals surface area (Å²) in [5.41, 5.74) is 6.15. The van der Waals surface area contributed by atoms with Crippen LogP contribution in [-0.2, 0) is 9.59 Å². The Morgan fingerprint density at radius 3 is 2.70 bits per heavy atom. The maximum Gasteiger partial charge on any atom is 0.312 e. The Morgan fingerprint density at radius 1 is 1.40 bits per heavy atom. The van der Waals surface area contributed by atoms with Crippen molar-refractivity contribution in [3.05, 3.63) is 18.0 Å². The van der Waals surface area contributed by atoms with Gasteiger partial charge in [0.05, 0.1) is 11.7 Å². The van der Waals surface area contributed by atoms with Crippen molar-refractivity contribution in [1.29, 1.82) is 0 Å². The number of hydrogen-bond donors (Lipinski definition) is 1. The molecule has 2 atom stereocenters. The van der Waals surface area contributed by atoms with Crippen LogP contribution in [0.1, 0.15) is 51.4 Å². The van der Waals surface area contributed by atoms with Crippen molar-refractivity contribution in [2.45, 2.75) is 45.7 Å². The number of rotatable bonds is 2. The first-order valence-electron chi connectivity index (χ1n) is 7.05. The molecule has 1 saturated heterocycles. The Labute approximate surface area is 118 Å². The average molecular weight is 278 g/mol. The Bertz CT molecular complexity index is 509. The summed E-state index contributed by atoms with van der Waals surface area (Å²) < 4.78 is 1.90. The van der Waals surface area contributed by atoms with Crippen LogP contribution in [0.4, 0.5) is 0 Å². The number of carbonyl (C=O) groups is 2. The highest BCUT2D eigenvalue weighted by Crippen LogP contribution is 2.34. The number of likely N-dealkylation sites (tertiary alicyclic amines) is 1. The minimum atomic E-state index is -0.889. The topological polar surface area (TPSA) is 81.2 Å². The number of amides is 2. The number of aromatic nitrogens is 2. The van der Waals surface area contributed by atoms with Gasteiger partial charge < -0.3 is 10.6 Å². The van der Waals surface area contributed by atoms with Crippen LogP contribution in [0.3, 0.4) is 0 Å². The molecular formula is C14H22N4O2. The second-order valence-electron chi connectivity index (χ2n) is 5.81. The summed E-state index contributed by atoms with van der Waals surface area (Å²) in [6.45, 7) is 6.73. The van der Waals surface area contributed by atoms with E-state index < -0.39 is 11.8 Å². The fourth-order valence-corrected chi connectivity index (χ4v) is 2.85. The highest BCUT2D eigenvalue weighted by molar-refractivity contribution is 6.34. The second kappa shape index (κ2) is 5.64. The molecule has 110 valence electrons. The molecule has 1 aromatic rings. The van der Waals surface area contributed by atoms with E-state index in [-0.39, 0.29) is 12.1 Å². The molecule has 6 nitrogen and oxygen atoms in total. The zero-order valence-electron chi connectivity index (χ0n) is 12.2. The Hall–Kier alpha value is -1.85. The van der Waals surface area contributed by atoms with Crippen LogP contribution in [0.25, 0.3) is 0 Å². The standard InChI is InChI=1S/C14H22N4O2/c1-9(2)18-12(6-7-16-18)11-5-4-10(3)8-17(11)14(20)13(15)19/h6-7,9-11H,4-5,8H2,1-3H3,(H2,15,19)/t10-,11+/m0/s1. The summed E-state index contributed by atoms with van der Waals surface area (Å²) in [5, 5.41) is 4.31. The van der Waals surface area contributed by atoms with Crippen molar-refractivity contribution < 1.29 is 9.59 Å². The lowest BCUT2D eigenvalue weighted by Gasteiger charge is -2.38. The van der Waals surface area contributed by atoms with E-state index in [4.69, 9.17) is 5.73 Å². The van der Waals surface area contributed by atoms with E-state index in [0.29, 0.717) is 12.5 Å². The van der Waals surface area contributed by atoms with Crippen LogP contribution in [0.15, 0.2) is 12.3 Å². The third-order valence-electron chi connectivity index (χ3n) is 3.82. The summed E-state index contributed by atoms with van der Waals surface area (Å²) in [4.78, 5) is 24.9. The van der Waals surface area contributed by atoms with Gasteiger partial charge in [-0.15, -0.1) is 0 Å². The first-order chi connectivity index (χ1) is 9.41. The minimum Gasteiger partial charge on any atom is -0.361 e. The van der Waals surface area contributed by atoms with Crippen molar-refractivity contribution in [3.8, 4) is 0 Å². The Balaban J connectivity index is 2.34. The molecule has 2 rings (SSSR count). The van der Waals surface area contributed by atoms with E-state index in [1.807, 2.05) is 24.6 Å². The molecule has 0 bridgehead atoms. The summed E-state index contributed by atoms with van der Waals surface area (Å²) in [5.74, 6) is -1.11. The van der Waals surface area contributed by atoms with E-state index in [0.717, 1.165) is 18.5 Å². The number of carbonyl (C=O) groups excluding carboxylic acids is 2. The molecule has 1 fully saturated rings. The monoisotopic (exact) mass is 278 g/mol. The maximum atomic E-state index is 12.1. The number of piperidine rings is 1. The van der Waals surface area contributed by atoms with Crippen molar-refractivity contribution in [2.24, 2.45) is 11.7 Å². The molecule has 1 aliphatic rings. The van der Waals surface area contributed by atoms with Crippen LogP contribution in [0, 0.1) is 5.92 Å². The molecule has 6 heteroatoms. The van der Waals surface area contributed by atoms with Gasteiger partial charge in [0.15, 0.2) is 0 Å². The molecule has 0 unspecified atom stereocenters. The van der Waals surface area contributed by atoms with E-state index in [1.54, 1.807) is 11.1 Å². The molecule has 1 aromatic heterocycles. The highest BCUT2D eigenvalue weighted by Gasteiger charge is 2.35. The molecule has 2 heterocycles. The van der Waals surface area contributed by atoms with Gasteiger partial charge in [0.1, 0.15) is 0 Å². The van der Waals surface area contributed by atoms with Crippen molar-refractivity contribution >= 4 is 11.8 Å². The van der Waals surface area contributed by atoms with Crippen LogP contribution in [-0.4, -0.2) is 33.0 Å². The van der Waals surface area contributed by atoms with E-state index >= 15 is 0 Å². The van der Waals surface area contributed by atoms with Gasteiger partial charge in [-0.1, -0.05) is 6.92 Å². The van der Waals surface area contributed by atoms with Crippen molar-refractivity contribution in [1.82, 2.24) is 14.7 Å². The molecular weight excluding hydrogens is 256 g/mol. The van der Waals surface area contributed by atoms with Crippen LogP contribution < -0.4 is 5.73 Å². The zero-order valence-corrected chi connectivity index (χ0v) is 12.2. The third-order valence-corrected chi connectivity index (χ3v) is 3.82. The SMILES string of the molecule is CC(C)n1nccc1[C@H]1CC[C@H](C)CN1C(=O)C(N)=O. The number of nitrogens with zero attached hydrogens (tertiary/aromatic N) is 3. The lowest BCUT2D eigenvalue weighted by Crippen LogP contribution is -2.47. The van der Waals surface area contributed by atoms with Crippen LogP contribution in [0.2, 0.25) is 0 Å². The normalized spacial score (nSPS) is 23.1. The summed E-state index contributed by atoms with van der Waals surface area (Å²) in [6.07, 6.45) is 3.59. The number of primary amides is 1. The quantitative estimate of drug-likeness (QED) is 0.827. The van der Waals surface area contributed by atoms with Crippen LogP contribution >= 0.6 is 0 Å². The fraction of sp³-hybridized carbons (Fsp3) is 0.643. The Morgan fingerprint density at radius 2 is 2.10 bits per heavy atom. The third kappa shape index (κ3) is 2.69. The predicted molar refractivity (Wildman–Crippen MR) is 74.7 cm³/mol. The number of nitrogens with two attached hydrogens (primary N) is 1. The van der Waals surface area contributed by atoms with Gasteiger partial charge in [0, 0.05) is 18.8 Å². The predicted octanol–water partition coefficient (Wildman–Crippen LogP) is 1.25. The maximum absolute atomic E-state index is 12.1. The highest BCUT2D eigenvalue weighted by atomic mass is 16.2. The van der Waals surface area contributed by atoms with Gasteiger partial charge in [-0.2, -0.15) is 5.10 Å². The van der Waals surface area contributed by atoms with Gasteiger partial charge in [0.25, 0.3) is 0 Å². The molecule has 20 heavy (non-hydrogen) atoms. The van der Waals surface area contributed by atoms with E-state index in [9.17, 15) is 9.59 Å². The minimum absolute atomic E-state index is 0.115. The van der Waals surface area contributed by atoms with Gasteiger partial charge >= 0.3 is 11.8 Å². The first-order valence-corrected chi connectivity index (χ1v) is 7.05. The molecule has 0 saturated carbocycles. The molecule has 1 aliphatic heterocycles. The van der Waals surface area contributed by atoms with E-state index in [1.165, 1.54) is 0 Å². The lowest BCUT2D eigenvalue weighted by atomic mass is 9.92. The Kier molecular flexibility index (Phi) is 4.11. The first kappa shape index (κ1) is 14.6. The van der Waals surface area contributed by atoms with Crippen LogP contribution in [0.5, 0.6) is 0 Å². The molecule has 2 N–H and O–H groups in total. The molecule has 0 aromatic carbocycles. The summed E-state index contributed by atoms with van der Waals surface area (Å²) in [7, 11) is 0. The van der Waals surface area contributed by atoms with E-state index in [2.05, 4.69) is 12.0 Å². The lowest BCUT2D eigenvalue weighted by molar-refractivity contribution is -0.147. The van der Waals surface area contributed by atoms with Gasteiger partial charge in [-0.3, -0.25) is 14.3 Å². The smallest absolute Gasteiger partial charge is 0.312 e. The van der Waals surface area contributed by atoms with Crippen molar-refractivity contribution in [2.75, 3.05) is 6.54 Å². The molecule has 0 spiro atoms. The molecule has 0 radical (unpaired) electrons. The fourth-order valence-electron chi connectivity index (χ4n) is 2.85. The molecule has 0 aliphatic carbocycles. The van der Waals surface area contributed by atoms with Gasteiger partial charge in [-0.05, 0) is 38.7 Å². The molecule has 2 amide bonds. The van der Waals surface area contributed by atoms with Crippen molar-refractivity contribution in [3.63, 3.8) is 0 Å². The largest absolute Gasteiger partial charge is 0.361 e. The van der Waals surface area contributed by atoms with Gasteiger partial charge in [0.2, 0.25) is 0 Å². The summed E-state index contributed by atoms with van der Waals surface area (Å²) in [6, 6.07) is 2.02. The van der Waals surface area contributed by atoms with Gasteiger partial charge in [-0.25, -0.2) is 0 Å². The summed E-state index contributed by atoms with van der Waals surface area (Å²) >= 11 is 0.